The Bertz CT molecular complexity index is 393. The maximum atomic E-state index is 2.29. The van der Waals surface area contributed by atoms with Crippen LogP contribution in [0.2, 0.25) is 0 Å². The molecule has 0 aliphatic carbocycles. The summed E-state index contributed by atoms with van der Waals surface area (Å²) in [6, 6.07) is 2.29. The summed E-state index contributed by atoms with van der Waals surface area (Å²) in [6.45, 7) is 6.58. The fourth-order valence-corrected chi connectivity index (χ4v) is 3.83. The van der Waals surface area contributed by atoms with Gasteiger partial charge in [-0.2, -0.15) is 0 Å². The van der Waals surface area contributed by atoms with Crippen molar-refractivity contribution in [1.29, 1.82) is 0 Å². The molecule has 11 heavy (non-hydrogen) atoms. The van der Waals surface area contributed by atoms with Crippen molar-refractivity contribution in [2.24, 2.45) is 0 Å². The van der Waals surface area contributed by atoms with Gasteiger partial charge in [0.25, 0.3) is 0 Å². The van der Waals surface area contributed by atoms with Crippen molar-refractivity contribution >= 4 is 32.1 Å². The molecule has 2 aromatic heterocycles. The molecule has 0 bridgehead atoms. The maximum absolute atomic E-state index is 2.29. The summed E-state index contributed by atoms with van der Waals surface area (Å²) in [7, 11) is 0. The average Bonchev–Trinajstić information content (AvgIpc) is 2.37. The van der Waals surface area contributed by atoms with E-state index in [1.807, 2.05) is 22.7 Å². The van der Waals surface area contributed by atoms with Crippen LogP contribution in [0.3, 0.4) is 0 Å². The first kappa shape index (κ1) is 7.32. The van der Waals surface area contributed by atoms with Crippen LogP contribution in [0.15, 0.2) is 6.07 Å². The fourth-order valence-electron chi connectivity index (χ4n) is 1.24. The van der Waals surface area contributed by atoms with Gasteiger partial charge in [-0.3, -0.25) is 0 Å². The molecule has 2 rings (SSSR count). The molecule has 2 aromatic rings. The Labute approximate surface area is 74.5 Å². The third-order valence-corrected chi connectivity index (χ3v) is 4.36. The molecule has 0 aromatic carbocycles. The molecule has 0 nitrogen and oxygen atoms in total. The van der Waals surface area contributed by atoms with Crippen LogP contribution in [0.25, 0.3) is 9.40 Å². The van der Waals surface area contributed by atoms with Crippen LogP contribution in [-0.2, 0) is 0 Å². The third-order valence-electron chi connectivity index (χ3n) is 2.00. The van der Waals surface area contributed by atoms with Crippen molar-refractivity contribution in [3.63, 3.8) is 0 Å². The van der Waals surface area contributed by atoms with E-state index < -0.39 is 0 Å². The van der Waals surface area contributed by atoms with Gasteiger partial charge in [0.2, 0.25) is 0 Å². The zero-order valence-corrected chi connectivity index (χ0v) is 8.53. The van der Waals surface area contributed by atoms with E-state index in [1.165, 1.54) is 24.7 Å². The zero-order chi connectivity index (χ0) is 8.01. The van der Waals surface area contributed by atoms with Crippen molar-refractivity contribution < 1.29 is 0 Å². The van der Waals surface area contributed by atoms with Gasteiger partial charge in [0.05, 0.1) is 4.01 Å². The van der Waals surface area contributed by atoms with E-state index in [-0.39, 0.29) is 0 Å². The summed E-state index contributed by atoms with van der Waals surface area (Å²) in [5.41, 5.74) is 1.47. The van der Waals surface area contributed by atoms with Crippen molar-refractivity contribution in [1.82, 2.24) is 0 Å². The molecule has 0 unspecified atom stereocenters. The third kappa shape index (κ3) is 1.01. The van der Waals surface area contributed by atoms with Gasteiger partial charge in [-0.25, -0.2) is 0 Å². The lowest BCUT2D eigenvalue weighted by Gasteiger charge is -1.85. The maximum Gasteiger partial charge on any atom is 0.0873 e. The SMILES string of the molecule is Cc1cc2c(C)c(C)sc2s1. The predicted molar refractivity (Wildman–Crippen MR) is 53.9 cm³/mol. The molecule has 0 fully saturated rings. The van der Waals surface area contributed by atoms with Crippen LogP contribution in [0.1, 0.15) is 15.3 Å². The predicted octanol–water partition coefficient (Wildman–Crippen LogP) is 3.89. The van der Waals surface area contributed by atoms with Crippen LogP contribution in [0.4, 0.5) is 0 Å². The Hall–Kier alpha value is -0.340. The van der Waals surface area contributed by atoms with Gasteiger partial charge in [-0.05, 0) is 32.4 Å². The van der Waals surface area contributed by atoms with E-state index in [0.29, 0.717) is 0 Å². The van der Waals surface area contributed by atoms with Gasteiger partial charge >= 0.3 is 0 Å². The Balaban J connectivity index is 2.88. The minimum absolute atomic E-state index is 1.43. The highest BCUT2D eigenvalue weighted by Crippen LogP contribution is 2.36. The Morgan fingerprint density at radius 1 is 1.09 bits per heavy atom. The second-order valence-corrected chi connectivity index (χ2v) is 5.58. The molecule has 0 radical (unpaired) electrons. The highest BCUT2D eigenvalue weighted by atomic mass is 32.2. The molecule has 0 amide bonds. The lowest BCUT2D eigenvalue weighted by molar-refractivity contribution is 1.47. The highest BCUT2D eigenvalue weighted by Gasteiger charge is 2.06. The molecular formula is C9H10S2. The number of hydrogen-bond donors (Lipinski definition) is 0. The largest absolute Gasteiger partial charge is 0.130 e. The van der Waals surface area contributed by atoms with Crippen LogP contribution in [0.5, 0.6) is 0 Å². The average molecular weight is 182 g/mol. The molecule has 0 atom stereocenters. The van der Waals surface area contributed by atoms with Gasteiger partial charge in [-0.1, -0.05) is 0 Å². The summed E-state index contributed by atoms with van der Waals surface area (Å²) >= 11 is 3.82. The zero-order valence-electron chi connectivity index (χ0n) is 6.89. The van der Waals surface area contributed by atoms with E-state index in [9.17, 15) is 0 Å². The Kier molecular flexibility index (Phi) is 1.55. The summed E-state index contributed by atoms with van der Waals surface area (Å²) in [5, 5.41) is 1.47. The number of hydrogen-bond acceptors (Lipinski definition) is 2. The van der Waals surface area contributed by atoms with E-state index in [2.05, 4.69) is 26.8 Å². The smallest absolute Gasteiger partial charge is 0.0873 e. The minimum atomic E-state index is 1.43. The first-order valence-electron chi connectivity index (χ1n) is 3.64. The van der Waals surface area contributed by atoms with Crippen LogP contribution >= 0.6 is 22.7 Å². The number of fused-ring (bicyclic) bond motifs is 1. The second kappa shape index (κ2) is 2.32. The molecule has 0 N–H and O–H groups in total. The van der Waals surface area contributed by atoms with Crippen LogP contribution in [-0.4, -0.2) is 0 Å². The van der Waals surface area contributed by atoms with E-state index >= 15 is 0 Å². The number of aryl methyl sites for hydroxylation is 3. The van der Waals surface area contributed by atoms with E-state index in [0.717, 1.165) is 0 Å². The summed E-state index contributed by atoms with van der Waals surface area (Å²) in [4.78, 5) is 2.89. The molecule has 2 heteroatoms. The van der Waals surface area contributed by atoms with E-state index in [1.54, 1.807) is 0 Å². The Morgan fingerprint density at radius 3 is 2.45 bits per heavy atom. The molecule has 58 valence electrons. The van der Waals surface area contributed by atoms with Crippen molar-refractivity contribution in [2.75, 3.05) is 0 Å². The lowest BCUT2D eigenvalue weighted by Crippen LogP contribution is -1.66. The first-order valence-corrected chi connectivity index (χ1v) is 5.28. The quantitative estimate of drug-likeness (QED) is 0.580. The highest BCUT2D eigenvalue weighted by molar-refractivity contribution is 7.38. The van der Waals surface area contributed by atoms with Crippen molar-refractivity contribution in [3.05, 3.63) is 21.4 Å². The number of thiophene rings is 2. The monoisotopic (exact) mass is 182 g/mol. The van der Waals surface area contributed by atoms with Gasteiger partial charge in [0, 0.05) is 15.1 Å². The minimum Gasteiger partial charge on any atom is -0.130 e. The van der Waals surface area contributed by atoms with Gasteiger partial charge in [0.1, 0.15) is 0 Å². The fraction of sp³-hybridized carbons (Fsp3) is 0.333. The van der Waals surface area contributed by atoms with Gasteiger partial charge in [0.15, 0.2) is 0 Å². The molecule has 0 spiro atoms. The molecule has 0 aliphatic heterocycles. The second-order valence-electron chi connectivity index (χ2n) is 2.84. The first-order chi connectivity index (χ1) is 5.18. The summed E-state index contributed by atoms with van der Waals surface area (Å²) < 4.78 is 1.48. The normalized spacial score (nSPS) is 11.2. The molecule has 0 saturated heterocycles. The summed E-state index contributed by atoms with van der Waals surface area (Å²) in [5.74, 6) is 0. The van der Waals surface area contributed by atoms with Crippen LogP contribution < -0.4 is 0 Å². The Morgan fingerprint density at radius 2 is 1.82 bits per heavy atom. The lowest BCUT2D eigenvalue weighted by atomic mass is 10.2. The van der Waals surface area contributed by atoms with E-state index in [4.69, 9.17) is 0 Å². The van der Waals surface area contributed by atoms with Crippen molar-refractivity contribution in [2.45, 2.75) is 20.8 Å². The standard InChI is InChI=1S/C9H10S2/c1-5-4-8-6(2)7(3)11-9(8)10-5/h4H,1-3H3. The molecule has 2 heterocycles. The van der Waals surface area contributed by atoms with Gasteiger partial charge in [-0.15, -0.1) is 22.7 Å². The number of rotatable bonds is 0. The van der Waals surface area contributed by atoms with Crippen molar-refractivity contribution in [3.8, 4) is 0 Å². The van der Waals surface area contributed by atoms with Gasteiger partial charge < -0.3 is 0 Å². The molecular weight excluding hydrogens is 172 g/mol. The topological polar surface area (TPSA) is 0 Å². The summed E-state index contributed by atoms with van der Waals surface area (Å²) in [6.07, 6.45) is 0. The molecule has 0 aliphatic rings. The molecule has 0 saturated carbocycles. The van der Waals surface area contributed by atoms with Crippen LogP contribution in [0, 0.1) is 20.8 Å².